The molecule has 2 aliphatic rings. The number of fused-ring (bicyclic) bond motifs is 1. The fourth-order valence-corrected chi connectivity index (χ4v) is 5.51. The summed E-state index contributed by atoms with van der Waals surface area (Å²) in [6.45, 7) is 9.41. The van der Waals surface area contributed by atoms with Crippen LogP contribution < -0.4 is 10.2 Å². The predicted octanol–water partition coefficient (Wildman–Crippen LogP) is 3.59. The SMILES string of the molecule is CCN1CCN(c2ncnc3sc(C(=O)NC4CCCCCC4)c(C)c23)CC1. The Labute approximate surface area is 171 Å². The Morgan fingerprint density at radius 2 is 1.86 bits per heavy atom. The number of carbonyl (C=O) groups is 1. The lowest BCUT2D eigenvalue weighted by molar-refractivity contribution is 0.0937. The van der Waals surface area contributed by atoms with Crippen molar-refractivity contribution in [3.8, 4) is 0 Å². The minimum atomic E-state index is 0.0640. The highest BCUT2D eigenvalue weighted by molar-refractivity contribution is 7.20. The molecule has 0 spiro atoms. The van der Waals surface area contributed by atoms with E-state index in [0.717, 1.165) is 72.0 Å². The summed E-state index contributed by atoms with van der Waals surface area (Å²) >= 11 is 1.51. The van der Waals surface area contributed by atoms with Crippen molar-refractivity contribution in [3.05, 3.63) is 16.8 Å². The van der Waals surface area contributed by atoms with E-state index < -0.39 is 0 Å². The monoisotopic (exact) mass is 401 g/mol. The van der Waals surface area contributed by atoms with E-state index in [2.05, 4.69) is 38.9 Å². The van der Waals surface area contributed by atoms with Crippen LogP contribution in [0.5, 0.6) is 0 Å². The molecule has 152 valence electrons. The third-order valence-electron chi connectivity index (χ3n) is 6.22. The highest BCUT2D eigenvalue weighted by Gasteiger charge is 2.25. The molecular formula is C21H31N5OS. The van der Waals surface area contributed by atoms with Crippen LogP contribution in [0.1, 0.15) is 60.7 Å². The van der Waals surface area contributed by atoms with Gasteiger partial charge in [0.1, 0.15) is 17.0 Å². The van der Waals surface area contributed by atoms with Crippen molar-refractivity contribution in [1.29, 1.82) is 0 Å². The first-order chi connectivity index (χ1) is 13.7. The largest absolute Gasteiger partial charge is 0.353 e. The quantitative estimate of drug-likeness (QED) is 0.793. The van der Waals surface area contributed by atoms with E-state index in [4.69, 9.17) is 0 Å². The molecule has 3 heterocycles. The van der Waals surface area contributed by atoms with Gasteiger partial charge >= 0.3 is 0 Å². The maximum Gasteiger partial charge on any atom is 0.261 e. The molecular weight excluding hydrogens is 370 g/mol. The molecule has 6 nitrogen and oxygen atoms in total. The molecule has 7 heteroatoms. The summed E-state index contributed by atoms with van der Waals surface area (Å²) in [6.07, 6.45) is 8.86. The molecule has 1 N–H and O–H groups in total. The fourth-order valence-electron chi connectivity index (χ4n) is 4.46. The van der Waals surface area contributed by atoms with Gasteiger partial charge in [-0.3, -0.25) is 4.79 Å². The number of hydrogen-bond donors (Lipinski definition) is 1. The maximum atomic E-state index is 13.0. The Morgan fingerprint density at radius 1 is 1.14 bits per heavy atom. The highest BCUT2D eigenvalue weighted by Crippen LogP contribution is 2.35. The van der Waals surface area contributed by atoms with Crippen LogP contribution in [0.4, 0.5) is 5.82 Å². The summed E-state index contributed by atoms with van der Waals surface area (Å²) in [5.41, 5.74) is 1.03. The van der Waals surface area contributed by atoms with Crippen molar-refractivity contribution in [2.45, 2.75) is 58.4 Å². The van der Waals surface area contributed by atoms with Crippen LogP contribution in [0.3, 0.4) is 0 Å². The molecule has 1 aliphatic carbocycles. The summed E-state index contributed by atoms with van der Waals surface area (Å²) in [4.78, 5) is 28.6. The smallest absolute Gasteiger partial charge is 0.261 e. The lowest BCUT2D eigenvalue weighted by Gasteiger charge is -2.35. The van der Waals surface area contributed by atoms with Crippen molar-refractivity contribution in [2.24, 2.45) is 0 Å². The second-order valence-electron chi connectivity index (χ2n) is 8.02. The van der Waals surface area contributed by atoms with Gasteiger partial charge in [-0.25, -0.2) is 9.97 Å². The molecule has 1 amide bonds. The van der Waals surface area contributed by atoms with Crippen LogP contribution in [-0.2, 0) is 0 Å². The number of carbonyl (C=O) groups excluding carboxylic acids is 1. The Bertz CT molecular complexity index is 820. The Balaban J connectivity index is 1.57. The normalized spacial score (nSPS) is 19.7. The van der Waals surface area contributed by atoms with Crippen LogP contribution in [0, 0.1) is 6.92 Å². The second-order valence-corrected chi connectivity index (χ2v) is 9.02. The van der Waals surface area contributed by atoms with Gasteiger partial charge in [-0.15, -0.1) is 11.3 Å². The summed E-state index contributed by atoms with van der Waals surface area (Å²) in [7, 11) is 0. The predicted molar refractivity (Wildman–Crippen MR) is 115 cm³/mol. The summed E-state index contributed by atoms with van der Waals surface area (Å²) in [6, 6.07) is 0.312. The molecule has 2 fully saturated rings. The fraction of sp³-hybridized carbons (Fsp3) is 0.667. The zero-order valence-electron chi connectivity index (χ0n) is 17.0. The number of nitrogens with one attached hydrogen (secondary N) is 1. The third-order valence-corrected chi connectivity index (χ3v) is 7.42. The number of aromatic nitrogens is 2. The molecule has 2 aromatic rings. The van der Waals surface area contributed by atoms with Crippen molar-refractivity contribution in [3.63, 3.8) is 0 Å². The summed E-state index contributed by atoms with van der Waals surface area (Å²) in [5, 5.41) is 4.35. The highest BCUT2D eigenvalue weighted by atomic mass is 32.1. The molecule has 4 rings (SSSR count). The average molecular weight is 402 g/mol. The van der Waals surface area contributed by atoms with Gasteiger partial charge in [0.15, 0.2) is 0 Å². The van der Waals surface area contributed by atoms with Gasteiger partial charge in [-0.05, 0) is 31.9 Å². The number of thiophene rings is 1. The van der Waals surface area contributed by atoms with Crippen LogP contribution in [0.15, 0.2) is 6.33 Å². The molecule has 1 saturated heterocycles. The van der Waals surface area contributed by atoms with E-state index in [9.17, 15) is 4.79 Å². The van der Waals surface area contributed by atoms with Gasteiger partial charge < -0.3 is 15.1 Å². The molecule has 2 aromatic heterocycles. The molecule has 1 saturated carbocycles. The number of nitrogens with zero attached hydrogens (tertiary/aromatic N) is 4. The van der Waals surface area contributed by atoms with Gasteiger partial charge in [-0.1, -0.05) is 32.6 Å². The summed E-state index contributed by atoms with van der Waals surface area (Å²) in [5.74, 6) is 1.05. The van der Waals surface area contributed by atoms with Crippen molar-refractivity contribution >= 4 is 33.3 Å². The zero-order chi connectivity index (χ0) is 19.5. The molecule has 0 bridgehead atoms. The number of rotatable bonds is 4. The van der Waals surface area contributed by atoms with E-state index in [0.29, 0.717) is 6.04 Å². The van der Waals surface area contributed by atoms with Crippen LogP contribution in [0.2, 0.25) is 0 Å². The van der Waals surface area contributed by atoms with Gasteiger partial charge in [0.2, 0.25) is 0 Å². The topological polar surface area (TPSA) is 61.4 Å². The molecule has 0 radical (unpaired) electrons. The van der Waals surface area contributed by atoms with E-state index in [-0.39, 0.29) is 5.91 Å². The lowest BCUT2D eigenvalue weighted by Crippen LogP contribution is -2.46. The standard InChI is InChI=1S/C21H31N5OS/c1-3-25-10-12-26(13-11-25)19-17-15(2)18(28-21(17)23-14-22-19)20(27)24-16-8-6-4-5-7-9-16/h14,16H,3-13H2,1-2H3,(H,24,27). The summed E-state index contributed by atoms with van der Waals surface area (Å²) < 4.78 is 0. The van der Waals surface area contributed by atoms with Gasteiger partial charge in [-0.2, -0.15) is 0 Å². The van der Waals surface area contributed by atoms with Crippen molar-refractivity contribution in [1.82, 2.24) is 20.2 Å². The molecule has 0 unspecified atom stereocenters. The lowest BCUT2D eigenvalue weighted by atomic mass is 10.1. The van der Waals surface area contributed by atoms with Crippen LogP contribution in [-0.4, -0.2) is 59.5 Å². The number of hydrogen-bond acceptors (Lipinski definition) is 6. The Hall–Kier alpha value is -1.73. The van der Waals surface area contributed by atoms with E-state index in [1.807, 2.05) is 0 Å². The number of anilines is 1. The first kappa shape index (κ1) is 19.6. The second kappa shape index (κ2) is 8.74. The van der Waals surface area contributed by atoms with E-state index >= 15 is 0 Å². The minimum absolute atomic E-state index is 0.0640. The van der Waals surface area contributed by atoms with Gasteiger partial charge in [0.05, 0.1) is 10.3 Å². The van der Waals surface area contributed by atoms with Crippen molar-refractivity contribution < 1.29 is 4.79 Å². The molecule has 0 atom stereocenters. The van der Waals surface area contributed by atoms with E-state index in [1.54, 1.807) is 6.33 Å². The first-order valence-electron chi connectivity index (χ1n) is 10.7. The average Bonchev–Trinajstić information content (AvgIpc) is 2.89. The van der Waals surface area contributed by atoms with Crippen LogP contribution in [0.25, 0.3) is 10.2 Å². The molecule has 1 aliphatic heterocycles. The molecule has 0 aromatic carbocycles. The number of piperazine rings is 1. The number of likely N-dealkylation sites (N-methyl/N-ethyl adjacent to an activating group) is 1. The minimum Gasteiger partial charge on any atom is -0.353 e. The number of aryl methyl sites for hydroxylation is 1. The third kappa shape index (κ3) is 4.01. The zero-order valence-corrected chi connectivity index (χ0v) is 17.9. The Morgan fingerprint density at radius 3 is 2.54 bits per heavy atom. The Kier molecular flexibility index (Phi) is 6.11. The molecule has 28 heavy (non-hydrogen) atoms. The maximum absolute atomic E-state index is 13.0. The van der Waals surface area contributed by atoms with Crippen LogP contribution >= 0.6 is 11.3 Å². The van der Waals surface area contributed by atoms with E-state index in [1.165, 1.54) is 37.0 Å². The first-order valence-corrected chi connectivity index (χ1v) is 11.5. The van der Waals surface area contributed by atoms with Crippen molar-refractivity contribution in [2.75, 3.05) is 37.6 Å². The van der Waals surface area contributed by atoms with Gasteiger partial charge in [0, 0.05) is 32.2 Å². The number of amides is 1. The van der Waals surface area contributed by atoms with Gasteiger partial charge in [0.25, 0.3) is 5.91 Å².